The van der Waals surface area contributed by atoms with Crippen molar-refractivity contribution >= 4 is 11.8 Å². The summed E-state index contributed by atoms with van der Waals surface area (Å²) in [5.41, 5.74) is 3.52. The highest BCUT2D eigenvalue weighted by Gasteiger charge is 2.14. The fourth-order valence-electron chi connectivity index (χ4n) is 2.33. The van der Waals surface area contributed by atoms with Crippen LogP contribution in [0.1, 0.15) is 12.5 Å². The third-order valence-corrected chi connectivity index (χ3v) is 3.49. The summed E-state index contributed by atoms with van der Waals surface area (Å²) in [6.07, 6.45) is 6.98. The van der Waals surface area contributed by atoms with Crippen molar-refractivity contribution in [1.29, 1.82) is 10.5 Å². The van der Waals surface area contributed by atoms with Crippen LogP contribution in [0.15, 0.2) is 65.2 Å². The predicted molar refractivity (Wildman–Crippen MR) is 91.0 cm³/mol. The first-order valence-electron chi connectivity index (χ1n) is 7.12. The molecular formula is C19H17N3O. The smallest absolute Gasteiger partial charge is 0.137 e. The van der Waals surface area contributed by atoms with Crippen LogP contribution in [0.4, 0.5) is 5.69 Å². The molecule has 0 saturated carbocycles. The second-order valence-corrected chi connectivity index (χ2v) is 5.19. The molecule has 1 aliphatic heterocycles. The van der Waals surface area contributed by atoms with Gasteiger partial charge in [-0.3, -0.25) is 0 Å². The summed E-state index contributed by atoms with van der Waals surface area (Å²) in [4.78, 5) is 2.03. The van der Waals surface area contributed by atoms with Crippen molar-refractivity contribution in [2.75, 3.05) is 19.0 Å². The van der Waals surface area contributed by atoms with E-state index in [1.54, 1.807) is 6.08 Å². The van der Waals surface area contributed by atoms with Crippen LogP contribution >= 0.6 is 0 Å². The first-order chi connectivity index (χ1) is 11.1. The Morgan fingerprint density at radius 3 is 2.48 bits per heavy atom. The zero-order valence-electron chi connectivity index (χ0n) is 13.4. The molecule has 0 atom stereocenters. The molecule has 0 aromatic heterocycles. The van der Waals surface area contributed by atoms with E-state index in [0.717, 1.165) is 16.8 Å². The highest BCUT2D eigenvalue weighted by Crippen LogP contribution is 2.28. The molecule has 23 heavy (non-hydrogen) atoms. The molecule has 0 aliphatic carbocycles. The number of para-hydroxylation sites is 1. The van der Waals surface area contributed by atoms with E-state index in [1.807, 2.05) is 74.5 Å². The molecule has 0 saturated heterocycles. The van der Waals surface area contributed by atoms with Crippen molar-refractivity contribution in [3.63, 3.8) is 0 Å². The van der Waals surface area contributed by atoms with Crippen molar-refractivity contribution in [1.82, 2.24) is 0 Å². The molecule has 0 amide bonds. The number of hydrogen-bond acceptors (Lipinski definition) is 4. The number of anilines is 1. The zero-order chi connectivity index (χ0) is 16.8. The normalized spacial score (nSPS) is 13.5. The van der Waals surface area contributed by atoms with E-state index in [4.69, 9.17) is 15.3 Å². The number of rotatable bonds is 3. The van der Waals surface area contributed by atoms with Crippen molar-refractivity contribution in [3.8, 4) is 12.1 Å². The van der Waals surface area contributed by atoms with Crippen LogP contribution in [0.2, 0.25) is 0 Å². The highest BCUT2D eigenvalue weighted by atomic mass is 16.5. The summed E-state index contributed by atoms with van der Waals surface area (Å²) in [5, 5.41) is 18.3. The Morgan fingerprint density at radius 2 is 1.83 bits per heavy atom. The number of nitriles is 2. The third kappa shape index (κ3) is 3.51. The lowest BCUT2D eigenvalue weighted by molar-refractivity contribution is 0.345. The molecule has 0 fully saturated rings. The fourth-order valence-corrected chi connectivity index (χ4v) is 2.33. The largest absolute Gasteiger partial charge is 0.469 e. The van der Waals surface area contributed by atoms with Gasteiger partial charge in [-0.1, -0.05) is 30.4 Å². The van der Waals surface area contributed by atoms with Gasteiger partial charge < -0.3 is 9.64 Å². The number of benzene rings is 1. The minimum Gasteiger partial charge on any atom is -0.469 e. The van der Waals surface area contributed by atoms with Crippen molar-refractivity contribution < 1.29 is 4.74 Å². The minimum absolute atomic E-state index is 0.0736. The summed E-state index contributed by atoms with van der Waals surface area (Å²) < 4.78 is 5.41. The molecule has 0 spiro atoms. The van der Waals surface area contributed by atoms with Crippen LogP contribution in [0.3, 0.4) is 0 Å². The summed E-state index contributed by atoms with van der Waals surface area (Å²) in [6, 6.07) is 11.9. The van der Waals surface area contributed by atoms with Crippen LogP contribution in [0, 0.1) is 22.7 Å². The lowest BCUT2D eigenvalue weighted by Gasteiger charge is -2.16. The van der Waals surface area contributed by atoms with Gasteiger partial charge in [-0.2, -0.15) is 10.5 Å². The lowest BCUT2D eigenvalue weighted by atomic mass is 9.97. The van der Waals surface area contributed by atoms with Gasteiger partial charge in [-0.25, -0.2) is 0 Å². The van der Waals surface area contributed by atoms with Crippen LogP contribution in [-0.2, 0) is 4.74 Å². The van der Waals surface area contributed by atoms with E-state index < -0.39 is 0 Å². The van der Waals surface area contributed by atoms with Crippen LogP contribution in [-0.4, -0.2) is 14.1 Å². The van der Waals surface area contributed by atoms with E-state index in [2.05, 4.69) is 0 Å². The topological polar surface area (TPSA) is 60.0 Å². The van der Waals surface area contributed by atoms with E-state index in [-0.39, 0.29) is 5.57 Å². The Balaban J connectivity index is 2.48. The fraction of sp³-hybridized carbons (Fsp3) is 0.158. The average molecular weight is 303 g/mol. The quantitative estimate of drug-likeness (QED) is 0.794. The molecule has 1 aliphatic rings. The van der Waals surface area contributed by atoms with E-state index in [1.165, 1.54) is 6.26 Å². The molecule has 1 aromatic carbocycles. The number of allylic oxidation sites excluding steroid dienone is 6. The van der Waals surface area contributed by atoms with Gasteiger partial charge in [-0.05, 0) is 24.6 Å². The Kier molecular flexibility index (Phi) is 5.02. The molecule has 0 unspecified atom stereocenters. The Bertz CT molecular complexity index is 796. The predicted octanol–water partition coefficient (Wildman–Crippen LogP) is 3.93. The van der Waals surface area contributed by atoms with Gasteiger partial charge in [0, 0.05) is 30.9 Å². The van der Waals surface area contributed by atoms with Crippen LogP contribution < -0.4 is 4.90 Å². The number of hydrogen-bond donors (Lipinski definition) is 0. The van der Waals surface area contributed by atoms with E-state index >= 15 is 0 Å². The van der Waals surface area contributed by atoms with Gasteiger partial charge in [0.15, 0.2) is 0 Å². The Labute approximate surface area is 136 Å². The molecule has 0 bridgehead atoms. The molecule has 0 radical (unpaired) electrons. The van der Waals surface area contributed by atoms with Gasteiger partial charge in [0.1, 0.15) is 23.5 Å². The van der Waals surface area contributed by atoms with Crippen molar-refractivity contribution in [2.45, 2.75) is 6.92 Å². The highest BCUT2D eigenvalue weighted by molar-refractivity contribution is 5.71. The SMILES string of the molecule is CC1=C(C=Cc2ccccc2N(C)C)C(=C(C#N)C#N)C=CO1. The minimum atomic E-state index is 0.0736. The van der Waals surface area contributed by atoms with E-state index in [0.29, 0.717) is 11.3 Å². The molecule has 4 nitrogen and oxygen atoms in total. The summed E-state index contributed by atoms with van der Waals surface area (Å²) in [5.74, 6) is 0.657. The summed E-state index contributed by atoms with van der Waals surface area (Å²) in [7, 11) is 3.97. The number of ether oxygens (including phenoxy) is 1. The van der Waals surface area contributed by atoms with Gasteiger partial charge in [0.05, 0.1) is 6.26 Å². The van der Waals surface area contributed by atoms with Crippen LogP contribution in [0.5, 0.6) is 0 Å². The maximum Gasteiger partial charge on any atom is 0.137 e. The van der Waals surface area contributed by atoms with Crippen molar-refractivity contribution in [3.05, 3.63) is 70.7 Å². The molecule has 4 heteroatoms. The first-order valence-corrected chi connectivity index (χ1v) is 7.12. The first kappa shape index (κ1) is 16.1. The Morgan fingerprint density at radius 1 is 1.13 bits per heavy atom. The molecule has 114 valence electrons. The second-order valence-electron chi connectivity index (χ2n) is 5.19. The molecule has 2 rings (SSSR count). The standard InChI is InChI=1S/C19H17N3O/c1-14-17(18(10-11-23-14)16(12-20)13-21)9-8-15-6-4-5-7-19(15)22(2)3/h4-11H,1-3H3. The average Bonchev–Trinajstić information content (AvgIpc) is 2.55. The monoisotopic (exact) mass is 303 g/mol. The number of nitrogens with zero attached hydrogens (tertiary/aromatic N) is 3. The van der Waals surface area contributed by atoms with Gasteiger partial charge in [-0.15, -0.1) is 0 Å². The Hall–Kier alpha value is -3.24. The van der Waals surface area contributed by atoms with Gasteiger partial charge in [0.25, 0.3) is 0 Å². The second kappa shape index (κ2) is 7.15. The van der Waals surface area contributed by atoms with Gasteiger partial charge >= 0.3 is 0 Å². The molecule has 1 aromatic rings. The molecular weight excluding hydrogens is 286 g/mol. The van der Waals surface area contributed by atoms with E-state index in [9.17, 15) is 0 Å². The van der Waals surface area contributed by atoms with Crippen molar-refractivity contribution in [2.24, 2.45) is 0 Å². The molecule has 1 heterocycles. The summed E-state index contributed by atoms with van der Waals surface area (Å²) in [6.45, 7) is 1.81. The third-order valence-electron chi connectivity index (χ3n) is 3.49. The maximum absolute atomic E-state index is 9.13. The maximum atomic E-state index is 9.13. The van der Waals surface area contributed by atoms with Crippen LogP contribution in [0.25, 0.3) is 6.08 Å². The van der Waals surface area contributed by atoms with Gasteiger partial charge in [0.2, 0.25) is 0 Å². The summed E-state index contributed by atoms with van der Waals surface area (Å²) >= 11 is 0. The molecule has 0 N–H and O–H groups in total. The zero-order valence-corrected chi connectivity index (χ0v) is 13.4. The lowest BCUT2D eigenvalue weighted by Crippen LogP contribution is -2.09.